The Morgan fingerprint density at radius 3 is 2.76 bits per heavy atom. The van der Waals surface area contributed by atoms with E-state index >= 15 is 0 Å². The number of aliphatic hydroxyl groups excluding tert-OH is 1. The molecular weight excluding hydrogens is 264 g/mol. The van der Waals surface area contributed by atoms with Crippen LogP contribution in [-0.4, -0.2) is 11.2 Å². The lowest BCUT2D eigenvalue weighted by Gasteiger charge is -2.30. The lowest BCUT2D eigenvalue weighted by Crippen LogP contribution is -2.19. The van der Waals surface area contributed by atoms with Crippen LogP contribution in [-0.2, 0) is 0 Å². The standard InChI is InChI=1S/C18H20O3/c1-12(2)20-14-7-5-6-13(10-14)18-11-16(19)15-8-3-4-9-17(15)21-18/h3-10,12,16,18-19H,11H2,1-2H3. The van der Waals surface area contributed by atoms with Crippen molar-refractivity contribution in [2.24, 2.45) is 0 Å². The van der Waals surface area contributed by atoms with Crippen LogP contribution in [0.15, 0.2) is 48.5 Å². The van der Waals surface area contributed by atoms with Crippen molar-refractivity contribution in [1.29, 1.82) is 0 Å². The number of hydrogen-bond donors (Lipinski definition) is 1. The Morgan fingerprint density at radius 1 is 1.14 bits per heavy atom. The highest BCUT2D eigenvalue weighted by molar-refractivity contribution is 5.39. The third kappa shape index (κ3) is 3.03. The highest BCUT2D eigenvalue weighted by atomic mass is 16.5. The number of fused-ring (bicyclic) bond motifs is 1. The van der Waals surface area contributed by atoms with Gasteiger partial charge in [-0.1, -0.05) is 30.3 Å². The number of para-hydroxylation sites is 1. The Balaban J connectivity index is 1.85. The summed E-state index contributed by atoms with van der Waals surface area (Å²) < 4.78 is 11.8. The molecule has 2 aromatic rings. The van der Waals surface area contributed by atoms with E-state index in [1.807, 2.05) is 62.4 Å². The van der Waals surface area contributed by atoms with E-state index in [0.717, 1.165) is 22.6 Å². The topological polar surface area (TPSA) is 38.7 Å². The minimum absolute atomic E-state index is 0.138. The Bertz CT molecular complexity index is 621. The largest absolute Gasteiger partial charge is 0.491 e. The van der Waals surface area contributed by atoms with Gasteiger partial charge < -0.3 is 14.6 Å². The van der Waals surface area contributed by atoms with E-state index in [1.165, 1.54) is 0 Å². The summed E-state index contributed by atoms with van der Waals surface area (Å²) in [6.45, 7) is 4.01. The van der Waals surface area contributed by atoms with E-state index in [2.05, 4.69) is 0 Å². The van der Waals surface area contributed by atoms with Crippen LogP contribution in [0.4, 0.5) is 0 Å². The molecule has 110 valence electrons. The summed E-state index contributed by atoms with van der Waals surface area (Å²) in [5, 5.41) is 10.3. The molecule has 3 rings (SSSR count). The summed E-state index contributed by atoms with van der Waals surface area (Å²) in [5.41, 5.74) is 1.89. The Kier molecular flexibility index (Phi) is 3.84. The van der Waals surface area contributed by atoms with Gasteiger partial charge in [0.25, 0.3) is 0 Å². The molecule has 0 bridgehead atoms. The van der Waals surface area contributed by atoms with Crippen LogP contribution in [0, 0.1) is 0 Å². The molecule has 3 nitrogen and oxygen atoms in total. The lowest BCUT2D eigenvalue weighted by molar-refractivity contribution is 0.0655. The van der Waals surface area contributed by atoms with Crippen molar-refractivity contribution >= 4 is 0 Å². The molecule has 3 heteroatoms. The quantitative estimate of drug-likeness (QED) is 0.924. The summed E-state index contributed by atoms with van der Waals surface area (Å²) in [6, 6.07) is 15.6. The van der Waals surface area contributed by atoms with Gasteiger partial charge in [0.1, 0.15) is 17.6 Å². The number of aliphatic hydroxyl groups is 1. The van der Waals surface area contributed by atoms with Gasteiger partial charge in [0.05, 0.1) is 12.2 Å². The second kappa shape index (κ2) is 5.78. The molecule has 0 spiro atoms. The molecule has 1 aliphatic rings. The van der Waals surface area contributed by atoms with Crippen LogP contribution < -0.4 is 9.47 Å². The number of benzene rings is 2. The molecule has 1 aliphatic heterocycles. The van der Waals surface area contributed by atoms with E-state index in [-0.39, 0.29) is 12.2 Å². The maximum absolute atomic E-state index is 10.3. The zero-order chi connectivity index (χ0) is 14.8. The number of rotatable bonds is 3. The van der Waals surface area contributed by atoms with E-state index in [9.17, 15) is 5.11 Å². The zero-order valence-corrected chi connectivity index (χ0v) is 12.3. The van der Waals surface area contributed by atoms with E-state index in [4.69, 9.17) is 9.47 Å². The molecule has 0 saturated carbocycles. The van der Waals surface area contributed by atoms with Crippen LogP contribution in [0.25, 0.3) is 0 Å². The van der Waals surface area contributed by atoms with Crippen LogP contribution in [0.5, 0.6) is 11.5 Å². The fraction of sp³-hybridized carbons (Fsp3) is 0.333. The molecular formula is C18H20O3. The summed E-state index contributed by atoms with van der Waals surface area (Å²) in [4.78, 5) is 0. The second-order valence-electron chi connectivity index (χ2n) is 5.63. The fourth-order valence-corrected chi connectivity index (χ4v) is 2.66. The number of ether oxygens (including phenoxy) is 2. The highest BCUT2D eigenvalue weighted by Gasteiger charge is 2.27. The molecule has 0 aliphatic carbocycles. The molecule has 1 heterocycles. The summed E-state index contributed by atoms with van der Waals surface area (Å²) in [6.07, 6.45) is 0.0568. The van der Waals surface area contributed by atoms with Gasteiger partial charge in [0.2, 0.25) is 0 Å². The minimum Gasteiger partial charge on any atom is -0.491 e. The predicted octanol–water partition coefficient (Wildman–Crippen LogP) is 4.03. The van der Waals surface area contributed by atoms with Gasteiger partial charge in [0.15, 0.2) is 0 Å². The molecule has 1 N–H and O–H groups in total. The maximum Gasteiger partial charge on any atom is 0.127 e. The van der Waals surface area contributed by atoms with Crippen LogP contribution in [0.3, 0.4) is 0 Å². The first kappa shape index (κ1) is 14.0. The van der Waals surface area contributed by atoms with Crippen LogP contribution in [0.1, 0.15) is 43.6 Å². The SMILES string of the molecule is CC(C)Oc1cccc(C2CC(O)c3ccccc3O2)c1. The summed E-state index contributed by atoms with van der Waals surface area (Å²) >= 11 is 0. The zero-order valence-electron chi connectivity index (χ0n) is 12.3. The molecule has 0 fully saturated rings. The minimum atomic E-state index is -0.491. The molecule has 0 aromatic heterocycles. The molecule has 0 amide bonds. The number of hydrogen-bond acceptors (Lipinski definition) is 3. The average molecular weight is 284 g/mol. The first-order chi connectivity index (χ1) is 10.1. The summed E-state index contributed by atoms with van der Waals surface area (Å²) in [7, 11) is 0. The van der Waals surface area contributed by atoms with Crippen molar-refractivity contribution in [2.75, 3.05) is 0 Å². The van der Waals surface area contributed by atoms with Crippen LogP contribution >= 0.6 is 0 Å². The normalized spacial score (nSPS) is 20.8. The smallest absolute Gasteiger partial charge is 0.127 e. The van der Waals surface area contributed by atoms with Crippen molar-refractivity contribution in [3.63, 3.8) is 0 Å². The Hall–Kier alpha value is -2.00. The van der Waals surface area contributed by atoms with Gasteiger partial charge in [-0.15, -0.1) is 0 Å². The maximum atomic E-state index is 10.3. The predicted molar refractivity (Wildman–Crippen MR) is 81.6 cm³/mol. The lowest BCUT2D eigenvalue weighted by atomic mass is 9.95. The van der Waals surface area contributed by atoms with E-state index < -0.39 is 6.10 Å². The van der Waals surface area contributed by atoms with E-state index in [1.54, 1.807) is 0 Å². The first-order valence-electron chi connectivity index (χ1n) is 7.34. The van der Waals surface area contributed by atoms with Crippen molar-refractivity contribution in [2.45, 2.75) is 38.6 Å². The Labute approximate surface area is 125 Å². The van der Waals surface area contributed by atoms with Crippen molar-refractivity contribution < 1.29 is 14.6 Å². The first-order valence-corrected chi connectivity index (χ1v) is 7.34. The van der Waals surface area contributed by atoms with Crippen molar-refractivity contribution in [3.05, 3.63) is 59.7 Å². The summed E-state index contributed by atoms with van der Waals surface area (Å²) in [5.74, 6) is 1.59. The average Bonchev–Trinajstić information content (AvgIpc) is 2.47. The van der Waals surface area contributed by atoms with Crippen molar-refractivity contribution in [3.8, 4) is 11.5 Å². The van der Waals surface area contributed by atoms with Gasteiger partial charge in [-0.3, -0.25) is 0 Å². The van der Waals surface area contributed by atoms with Gasteiger partial charge >= 0.3 is 0 Å². The second-order valence-corrected chi connectivity index (χ2v) is 5.63. The third-order valence-electron chi connectivity index (χ3n) is 3.59. The van der Waals surface area contributed by atoms with Crippen LogP contribution in [0.2, 0.25) is 0 Å². The van der Waals surface area contributed by atoms with Gasteiger partial charge in [-0.2, -0.15) is 0 Å². The molecule has 21 heavy (non-hydrogen) atoms. The third-order valence-corrected chi connectivity index (χ3v) is 3.59. The van der Waals surface area contributed by atoms with Crippen molar-refractivity contribution in [1.82, 2.24) is 0 Å². The molecule has 2 unspecified atom stereocenters. The fourth-order valence-electron chi connectivity index (χ4n) is 2.66. The molecule has 2 aromatic carbocycles. The molecule has 2 atom stereocenters. The van der Waals surface area contributed by atoms with Gasteiger partial charge in [-0.25, -0.2) is 0 Å². The molecule has 0 saturated heterocycles. The Morgan fingerprint density at radius 2 is 1.95 bits per heavy atom. The van der Waals surface area contributed by atoms with E-state index in [0.29, 0.717) is 6.42 Å². The van der Waals surface area contributed by atoms with Gasteiger partial charge in [-0.05, 0) is 37.6 Å². The monoisotopic (exact) mass is 284 g/mol. The molecule has 0 radical (unpaired) electrons. The highest BCUT2D eigenvalue weighted by Crippen LogP contribution is 2.40. The van der Waals surface area contributed by atoms with Gasteiger partial charge in [0, 0.05) is 12.0 Å².